The number of carbonyl (C=O) groups is 1. The molecule has 2 aromatic carbocycles. The molecule has 1 aliphatic heterocycles. The van der Waals surface area contributed by atoms with Gasteiger partial charge in [-0.25, -0.2) is 17.6 Å². The van der Waals surface area contributed by atoms with Gasteiger partial charge >= 0.3 is 59.1 Å². The molecule has 1 atom stereocenters. The first-order valence-corrected chi connectivity index (χ1v) is 9.26. The number of halogens is 4. The molecule has 0 saturated heterocycles. The number of nitrogens with one attached hydrogen (secondary N) is 1. The molecular weight excluding hydrogens is 435 g/mol. The Morgan fingerprint density at radius 3 is 2.10 bits per heavy atom. The summed E-state index contributed by atoms with van der Waals surface area (Å²) in [5, 5.41) is 24.7. The molecular formula is C20H16BF4NNa2O3. The maximum atomic E-state index is 14.4. The van der Waals surface area contributed by atoms with Gasteiger partial charge in [0.05, 0.1) is 5.69 Å². The minimum atomic E-state index is -2.84. The molecule has 4 nitrogen and oxygen atoms in total. The molecule has 2 aliphatic rings. The number of hydrogen-bond acceptors (Lipinski definition) is 3. The van der Waals surface area contributed by atoms with E-state index >= 15 is 0 Å². The molecule has 4 rings (SSSR count). The number of alkyl halides is 2. The average Bonchev–Trinajstić information content (AvgIpc) is 2.98. The third-order valence-electron chi connectivity index (χ3n) is 6.08. The third-order valence-corrected chi connectivity index (χ3v) is 6.08. The first kappa shape index (κ1) is 26.9. The molecule has 1 heterocycles. The van der Waals surface area contributed by atoms with Crippen LogP contribution in [0.25, 0.3) is 0 Å². The Bertz CT molecular complexity index is 968. The second-order valence-electron chi connectivity index (χ2n) is 7.63. The van der Waals surface area contributed by atoms with E-state index in [-0.39, 0.29) is 88.7 Å². The molecule has 0 spiro atoms. The number of rotatable bonds is 3. The number of hydrogen-bond donors (Lipinski definition) is 1. The molecule has 1 aliphatic carbocycles. The number of carbonyl (C=O) groups excluding carboxylic acids is 1. The molecule has 0 aromatic heterocycles. The van der Waals surface area contributed by atoms with Gasteiger partial charge in [-0.3, -0.25) is 4.79 Å². The molecule has 1 fully saturated rings. The first-order chi connectivity index (χ1) is 13.7. The summed E-state index contributed by atoms with van der Waals surface area (Å²) in [5.74, 6) is -6.41. The van der Waals surface area contributed by atoms with Crippen molar-refractivity contribution < 1.29 is 91.5 Å². The predicted molar refractivity (Wildman–Crippen MR) is 94.5 cm³/mol. The first-order valence-electron chi connectivity index (χ1n) is 9.26. The Labute approximate surface area is 221 Å². The van der Waals surface area contributed by atoms with Crippen molar-refractivity contribution in [1.82, 2.24) is 0 Å². The second kappa shape index (κ2) is 9.85. The van der Waals surface area contributed by atoms with Gasteiger partial charge in [-0.05, 0) is 36.0 Å². The van der Waals surface area contributed by atoms with Crippen LogP contribution in [0.5, 0.6) is 0 Å². The van der Waals surface area contributed by atoms with Gasteiger partial charge in [0, 0.05) is 12.8 Å². The fraction of sp³-hybridized carbons (Fsp3) is 0.350. The molecule has 0 bridgehead atoms. The molecule has 1 unspecified atom stereocenters. The van der Waals surface area contributed by atoms with Crippen molar-refractivity contribution in [2.45, 2.75) is 37.0 Å². The van der Waals surface area contributed by atoms with Crippen LogP contribution in [0.1, 0.15) is 36.8 Å². The Balaban J connectivity index is 0.00000171. The molecule has 1 saturated carbocycles. The molecule has 1 N–H and O–H groups in total. The van der Waals surface area contributed by atoms with Gasteiger partial charge in [0.15, 0.2) is 11.6 Å². The summed E-state index contributed by atoms with van der Waals surface area (Å²) in [6, 6.07) is 7.59. The van der Waals surface area contributed by atoms with Crippen LogP contribution in [0.4, 0.5) is 23.2 Å². The van der Waals surface area contributed by atoms with Crippen LogP contribution in [-0.2, 0) is 10.2 Å². The van der Waals surface area contributed by atoms with E-state index in [0.717, 1.165) is 6.07 Å². The van der Waals surface area contributed by atoms with Crippen molar-refractivity contribution in [3.63, 3.8) is 0 Å². The molecule has 1 amide bonds. The fourth-order valence-corrected chi connectivity index (χ4v) is 4.64. The summed E-state index contributed by atoms with van der Waals surface area (Å²) in [4.78, 5) is 13.2. The molecule has 11 heteroatoms. The topological polar surface area (TPSA) is 75.2 Å². The molecule has 0 radical (unpaired) electrons. The third kappa shape index (κ3) is 4.53. The van der Waals surface area contributed by atoms with Crippen LogP contribution in [0.2, 0.25) is 0 Å². The summed E-state index contributed by atoms with van der Waals surface area (Å²) in [6.45, 7) is 0. The zero-order valence-corrected chi connectivity index (χ0v) is 21.2. The summed E-state index contributed by atoms with van der Waals surface area (Å²) in [5.41, 5.74) is -1.34. The summed E-state index contributed by atoms with van der Waals surface area (Å²) >= 11 is 0. The van der Waals surface area contributed by atoms with Gasteiger partial charge in [0.1, 0.15) is 5.41 Å². The van der Waals surface area contributed by atoms with E-state index in [9.17, 15) is 32.4 Å². The molecule has 31 heavy (non-hydrogen) atoms. The quantitative estimate of drug-likeness (QED) is 0.378. The average molecular weight is 451 g/mol. The van der Waals surface area contributed by atoms with Crippen molar-refractivity contribution in [2.75, 3.05) is 5.32 Å². The monoisotopic (exact) mass is 451 g/mol. The Kier molecular flexibility index (Phi) is 8.54. The van der Waals surface area contributed by atoms with Crippen molar-refractivity contribution >= 4 is 24.2 Å². The van der Waals surface area contributed by atoms with Crippen LogP contribution in [0, 0.1) is 17.6 Å². The van der Waals surface area contributed by atoms with Gasteiger partial charge in [-0.15, -0.1) is 5.46 Å². The Morgan fingerprint density at radius 2 is 1.55 bits per heavy atom. The largest absolute Gasteiger partial charge is 1.00 e. The van der Waals surface area contributed by atoms with Crippen LogP contribution in [0.3, 0.4) is 0 Å². The smallest absolute Gasteiger partial charge is 0.889 e. The number of anilines is 1. The Hall–Kier alpha value is -0.385. The fourth-order valence-electron chi connectivity index (χ4n) is 4.64. The van der Waals surface area contributed by atoms with E-state index < -0.39 is 54.8 Å². The van der Waals surface area contributed by atoms with Gasteiger partial charge in [-0.1, -0.05) is 37.5 Å². The predicted octanol–water partition coefficient (Wildman–Crippen LogP) is -4.55. The summed E-state index contributed by atoms with van der Waals surface area (Å²) in [7, 11) is -2.22. The Morgan fingerprint density at radius 1 is 0.968 bits per heavy atom. The van der Waals surface area contributed by atoms with Crippen molar-refractivity contribution in [1.29, 1.82) is 0 Å². The zero-order chi connectivity index (χ0) is 21.0. The second-order valence-corrected chi connectivity index (χ2v) is 7.63. The van der Waals surface area contributed by atoms with Gasteiger partial charge in [0.2, 0.25) is 11.8 Å². The van der Waals surface area contributed by atoms with E-state index in [1.165, 1.54) is 30.3 Å². The van der Waals surface area contributed by atoms with Crippen molar-refractivity contribution in [2.24, 2.45) is 5.92 Å². The zero-order valence-electron chi connectivity index (χ0n) is 17.2. The van der Waals surface area contributed by atoms with Gasteiger partial charge in [-0.2, -0.15) is 0 Å². The van der Waals surface area contributed by atoms with Crippen LogP contribution >= 0.6 is 0 Å². The number of fused-ring (bicyclic) bond motifs is 1. The summed E-state index contributed by atoms with van der Waals surface area (Å²) in [6.07, 6.45) is -0.835. The van der Waals surface area contributed by atoms with Crippen LogP contribution in [0.15, 0.2) is 36.4 Å². The van der Waals surface area contributed by atoms with Gasteiger partial charge in [0.25, 0.3) is 0 Å². The van der Waals surface area contributed by atoms with Gasteiger partial charge < -0.3 is 15.4 Å². The van der Waals surface area contributed by atoms with Crippen molar-refractivity contribution in [3.8, 4) is 0 Å². The maximum Gasteiger partial charge on any atom is 1.00 e. The number of benzene rings is 2. The molecule has 2 aromatic rings. The van der Waals surface area contributed by atoms with E-state index in [1.54, 1.807) is 0 Å². The normalized spacial score (nSPS) is 22.1. The SMILES string of the molecule is O=C1Nc2c(ccc(F)c2F)C1(c1ccc(B([O-])[O-])cc1)C1CCC(F)(F)CC1.[Na+].[Na+]. The van der Waals surface area contributed by atoms with Crippen LogP contribution < -0.4 is 79.9 Å². The van der Waals surface area contributed by atoms with Crippen LogP contribution in [-0.4, -0.2) is 18.9 Å². The number of amides is 1. The van der Waals surface area contributed by atoms with E-state index in [0.29, 0.717) is 5.56 Å². The van der Waals surface area contributed by atoms with E-state index in [4.69, 9.17) is 0 Å². The maximum absolute atomic E-state index is 14.4. The van der Waals surface area contributed by atoms with E-state index in [2.05, 4.69) is 5.32 Å². The van der Waals surface area contributed by atoms with Crippen molar-refractivity contribution in [3.05, 3.63) is 59.2 Å². The molecule has 152 valence electrons. The standard InChI is InChI=1S/C20H16BF4NO3.2Na/c22-15-6-5-14-17(16(15)23)26-18(27)20(14,12-7-9-19(24,25)10-8-12)11-1-3-13(4-2-11)21(28)29;;/h1-6,12H,7-10H2,(H,26,27);;/q-2;2*+1. The minimum Gasteiger partial charge on any atom is -0.889 e. The minimum absolute atomic E-state index is 0. The summed E-state index contributed by atoms with van der Waals surface area (Å²) < 4.78 is 55.7. The van der Waals surface area contributed by atoms with E-state index in [1.807, 2.05) is 0 Å².